The molecule has 0 saturated carbocycles. The minimum Gasteiger partial charge on any atom is -0.399 e. The van der Waals surface area contributed by atoms with Gasteiger partial charge in [-0.05, 0) is 24.6 Å². The number of nitrogen functional groups attached to an aromatic ring is 1. The third-order valence-electron chi connectivity index (χ3n) is 2.16. The van der Waals surface area contributed by atoms with Crippen molar-refractivity contribution in [3.63, 3.8) is 0 Å². The highest BCUT2D eigenvalue weighted by Gasteiger charge is 2.16. The van der Waals surface area contributed by atoms with E-state index in [9.17, 15) is 8.42 Å². The Morgan fingerprint density at radius 1 is 1.39 bits per heavy atom. The normalized spacial score (nSPS) is 11.4. The SMILES string of the molecule is CCc1nnc(NS(=O)(=O)c2cccc(N)c2)s1. The molecule has 0 bridgehead atoms. The van der Waals surface area contributed by atoms with E-state index in [0.717, 1.165) is 11.4 Å². The molecule has 2 aromatic rings. The average molecular weight is 284 g/mol. The Balaban J connectivity index is 2.27. The zero-order valence-corrected chi connectivity index (χ0v) is 11.3. The van der Waals surface area contributed by atoms with E-state index in [1.165, 1.54) is 23.5 Å². The molecular weight excluding hydrogens is 272 g/mol. The summed E-state index contributed by atoms with van der Waals surface area (Å²) in [5, 5.41) is 8.65. The Hall–Kier alpha value is -1.67. The van der Waals surface area contributed by atoms with Gasteiger partial charge in [-0.15, -0.1) is 10.2 Å². The van der Waals surface area contributed by atoms with E-state index in [4.69, 9.17) is 5.73 Å². The fourth-order valence-electron chi connectivity index (χ4n) is 1.29. The highest BCUT2D eigenvalue weighted by molar-refractivity contribution is 7.93. The topological polar surface area (TPSA) is 98.0 Å². The van der Waals surface area contributed by atoms with E-state index >= 15 is 0 Å². The minimum atomic E-state index is -3.65. The molecule has 0 unspecified atom stereocenters. The molecule has 1 aromatic heterocycles. The number of nitrogens with zero attached hydrogens (tertiary/aromatic N) is 2. The third kappa shape index (κ3) is 2.77. The van der Waals surface area contributed by atoms with Crippen molar-refractivity contribution in [3.8, 4) is 0 Å². The summed E-state index contributed by atoms with van der Waals surface area (Å²) in [6.07, 6.45) is 0.720. The molecule has 2 rings (SSSR count). The summed E-state index contributed by atoms with van der Waals surface area (Å²) < 4.78 is 26.4. The maximum Gasteiger partial charge on any atom is 0.263 e. The number of aromatic nitrogens is 2. The van der Waals surface area contributed by atoms with Crippen molar-refractivity contribution < 1.29 is 8.42 Å². The fraction of sp³-hybridized carbons (Fsp3) is 0.200. The molecule has 1 heterocycles. The van der Waals surface area contributed by atoms with Gasteiger partial charge in [0, 0.05) is 5.69 Å². The predicted octanol–water partition coefficient (Wildman–Crippen LogP) is 1.48. The van der Waals surface area contributed by atoms with Crippen LogP contribution in [0.2, 0.25) is 0 Å². The molecule has 8 heteroatoms. The van der Waals surface area contributed by atoms with Gasteiger partial charge in [0.25, 0.3) is 10.0 Å². The van der Waals surface area contributed by atoms with E-state index in [0.29, 0.717) is 5.69 Å². The lowest BCUT2D eigenvalue weighted by molar-refractivity contribution is 0.601. The van der Waals surface area contributed by atoms with Gasteiger partial charge < -0.3 is 5.73 Å². The Morgan fingerprint density at radius 3 is 2.78 bits per heavy atom. The fourth-order valence-corrected chi connectivity index (χ4v) is 3.26. The number of hydrogen-bond acceptors (Lipinski definition) is 6. The molecule has 1 aromatic carbocycles. The molecule has 96 valence electrons. The van der Waals surface area contributed by atoms with Gasteiger partial charge in [-0.1, -0.05) is 24.3 Å². The van der Waals surface area contributed by atoms with Crippen LogP contribution in [0.1, 0.15) is 11.9 Å². The molecule has 0 spiro atoms. The van der Waals surface area contributed by atoms with E-state index < -0.39 is 10.0 Å². The third-order valence-corrected chi connectivity index (χ3v) is 4.61. The van der Waals surface area contributed by atoms with Crippen molar-refractivity contribution >= 4 is 32.2 Å². The highest BCUT2D eigenvalue weighted by Crippen LogP contribution is 2.21. The van der Waals surface area contributed by atoms with Crippen LogP contribution in [0.5, 0.6) is 0 Å². The minimum absolute atomic E-state index is 0.107. The van der Waals surface area contributed by atoms with Crippen LogP contribution in [0.4, 0.5) is 10.8 Å². The molecule has 0 radical (unpaired) electrons. The van der Waals surface area contributed by atoms with E-state index in [1.807, 2.05) is 6.92 Å². The summed E-state index contributed by atoms with van der Waals surface area (Å²) in [5.74, 6) is 0. The second-order valence-corrected chi connectivity index (χ2v) is 6.28. The summed E-state index contributed by atoms with van der Waals surface area (Å²) in [6, 6.07) is 6.07. The second-order valence-electron chi connectivity index (χ2n) is 3.53. The Labute approximate surface area is 109 Å². The van der Waals surface area contributed by atoms with E-state index in [-0.39, 0.29) is 10.0 Å². The van der Waals surface area contributed by atoms with Crippen LogP contribution >= 0.6 is 11.3 Å². The maximum atomic E-state index is 12.0. The zero-order valence-electron chi connectivity index (χ0n) is 9.62. The summed E-state index contributed by atoms with van der Waals surface area (Å²) in [6.45, 7) is 1.93. The zero-order chi connectivity index (χ0) is 13.2. The van der Waals surface area contributed by atoms with Crippen LogP contribution in [0.3, 0.4) is 0 Å². The van der Waals surface area contributed by atoms with Gasteiger partial charge in [-0.3, -0.25) is 4.72 Å². The van der Waals surface area contributed by atoms with Crippen LogP contribution in [0.15, 0.2) is 29.2 Å². The summed E-state index contributed by atoms with van der Waals surface area (Å²) in [4.78, 5) is 0.107. The number of nitrogens with one attached hydrogen (secondary N) is 1. The average Bonchev–Trinajstić information content (AvgIpc) is 2.76. The van der Waals surface area contributed by atoms with Crippen molar-refractivity contribution in [2.45, 2.75) is 18.2 Å². The largest absolute Gasteiger partial charge is 0.399 e. The first kappa shape index (κ1) is 12.8. The van der Waals surface area contributed by atoms with Gasteiger partial charge >= 0.3 is 0 Å². The first-order chi connectivity index (χ1) is 8.51. The number of aryl methyl sites for hydroxylation is 1. The van der Waals surface area contributed by atoms with Crippen molar-refractivity contribution in [1.82, 2.24) is 10.2 Å². The van der Waals surface area contributed by atoms with Gasteiger partial charge in [0.05, 0.1) is 4.90 Å². The molecule has 0 saturated heterocycles. The molecule has 0 aliphatic rings. The lowest BCUT2D eigenvalue weighted by Crippen LogP contribution is -2.13. The first-order valence-corrected chi connectivity index (χ1v) is 7.52. The van der Waals surface area contributed by atoms with Crippen LogP contribution in [-0.2, 0) is 16.4 Å². The number of benzene rings is 1. The molecule has 0 amide bonds. The van der Waals surface area contributed by atoms with Crippen LogP contribution < -0.4 is 10.5 Å². The van der Waals surface area contributed by atoms with Crippen LogP contribution in [-0.4, -0.2) is 18.6 Å². The van der Waals surface area contributed by atoms with Gasteiger partial charge in [-0.2, -0.15) is 0 Å². The van der Waals surface area contributed by atoms with Crippen LogP contribution in [0, 0.1) is 0 Å². The molecule has 3 N–H and O–H groups in total. The van der Waals surface area contributed by atoms with E-state index in [2.05, 4.69) is 14.9 Å². The number of anilines is 2. The molecule has 0 atom stereocenters. The maximum absolute atomic E-state index is 12.0. The summed E-state index contributed by atoms with van der Waals surface area (Å²) in [7, 11) is -3.65. The summed E-state index contributed by atoms with van der Waals surface area (Å²) >= 11 is 1.21. The van der Waals surface area contributed by atoms with Crippen molar-refractivity contribution in [2.24, 2.45) is 0 Å². The van der Waals surface area contributed by atoms with Crippen molar-refractivity contribution in [1.29, 1.82) is 0 Å². The van der Waals surface area contributed by atoms with Gasteiger partial charge in [0.1, 0.15) is 5.01 Å². The molecule has 0 aliphatic carbocycles. The molecule has 6 nitrogen and oxygen atoms in total. The lowest BCUT2D eigenvalue weighted by Gasteiger charge is -2.04. The Kier molecular flexibility index (Phi) is 3.48. The van der Waals surface area contributed by atoms with Crippen LogP contribution in [0.25, 0.3) is 0 Å². The predicted molar refractivity (Wildman–Crippen MR) is 70.9 cm³/mol. The van der Waals surface area contributed by atoms with Gasteiger partial charge in [0.15, 0.2) is 0 Å². The van der Waals surface area contributed by atoms with Gasteiger partial charge in [0.2, 0.25) is 5.13 Å². The molecular formula is C10H12N4O2S2. The first-order valence-electron chi connectivity index (χ1n) is 5.22. The van der Waals surface area contributed by atoms with Crippen molar-refractivity contribution in [3.05, 3.63) is 29.3 Å². The highest BCUT2D eigenvalue weighted by atomic mass is 32.2. The quantitative estimate of drug-likeness (QED) is 0.829. The standard InChI is InChI=1S/C10H12N4O2S2/c1-2-9-12-13-10(17-9)14-18(15,16)8-5-3-4-7(11)6-8/h3-6H,2,11H2,1H3,(H,13,14). The number of hydrogen-bond donors (Lipinski definition) is 2. The number of sulfonamides is 1. The molecule has 0 aliphatic heterocycles. The molecule has 18 heavy (non-hydrogen) atoms. The van der Waals surface area contributed by atoms with E-state index in [1.54, 1.807) is 12.1 Å². The smallest absolute Gasteiger partial charge is 0.263 e. The second kappa shape index (κ2) is 4.91. The molecule has 0 fully saturated rings. The number of rotatable bonds is 4. The van der Waals surface area contributed by atoms with Gasteiger partial charge in [-0.25, -0.2) is 8.42 Å². The Morgan fingerprint density at radius 2 is 2.17 bits per heavy atom. The lowest BCUT2D eigenvalue weighted by atomic mass is 10.3. The summed E-state index contributed by atoms with van der Waals surface area (Å²) in [5.41, 5.74) is 5.95. The monoisotopic (exact) mass is 284 g/mol. The number of nitrogens with two attached hydrogens (primary N) is 1. The Bertz CT molecular complexity index is 651. The van der Waals surface area contributed by atoms with Crippen molar-refractivity contribution in [2.75, 3.05) is 10.5 Å².